The molecule has 3 aromatic rings. The van der Waals surface area contributed by atoms with Gasteiger partial charge in [-0.05, 0) is 37.6 Å². The Morgan fingerprint density at radius 1 is 1.21 bits per heavy atom. The molecule has 1 atom stereocenters. The molecule has 0 aliphatic rings. The van der Waals surface area contributed by atoms with E-state index in [9.17, 15) is 13.6 Å². The molecule has 2 heterocycles. The highest BCUT2D eigenvalue weighted by Crippen LogP contribution is 2.21. The normalized spacial score (nSPS) is 12.3. The Balaban J connectivity index is 1.98. The van der Waals surface area contributed by atoms with Crippen molar-refractivity contribution in [3.8, 4) is 11.4 Å². The van der Waals surface area contributed by atoms with E-state index in [4.69, 9.17) is 0 Å². The summed E-state index contributed by atoms with van der Waals surface area (Å²) >= 11 is 0. The molecule has 0 aliphatic heterocycles. The summed E-state index contributed by atoms with van der Waals surface area (Å²) in [5.74, 6) is -1.27. The first kappa shape index (κ1) is 16.0. The zero-order valence-electron chi connectivity index (χ0n) is 13.3. The third-order valence-corrected chi connectivity index (χ3v) is 3.78. The fourth-order valence-electron chi connectivity index (χ4n) is 2.32. The first-order valence-electron chi connectivity index (χ1n) is 7.60. The standard InChI is InChI=1S/C17H16F2N4O/c1-3-10(2)20-17(24)11-4-5-23-15(8-11)21-22-16(23)12-6-13(18)9-14(19)7-12/h4-10H,3H2,1-2H3,(H,20,24)/t10-/m1/s1. The van der Waals surface area contributed by atoms with Crippen molar-refractivity contribution in [2.75, 3.05) is 0 Å². The molecule has 0 fully saturated rings. The maximum absolute atomic E-state index is 13.4. The molecule has 0 spiro atoms. The second kappa shape index (κ2) is 6.35. The summed E-state index contributed by atoms with van der Waals surface area (Å²) < 4.78 is 28.4. The Morgan fingerprint density at radius 2 is 1.92 bits per heavy atom. The number of halogens is 2. The molecule has 1 N–H and O–H groups in total. The van der Waals surface area contributed by atoms with Crippen LogP contribution >= 0.6 is 0 Å². The van der Waals surface area contributed by atoms with Crippen LogP contribution in [0.4, 0.5) is 8.78 Å². The zero-order valence-corrected chi connectivity index (χ0v) is 13.3. The number of benzene rings is 1. The van der Waals surface area contributed by atoms with Gasteiger partial charge in [-0.15, -0.1) is 10.2 Å². The summed E-state index contributed by atoms with van der Waals surface area (Å²) in [7, 11) is 0. The summed E-state index contributed by atoms with van der Waals surface area (Å²) in [4.78, 5) is 12.2. The van der Waals surface area contributed by atoms with E-state index in [1.807, 2.05) is 13.8 Å². The molecule has 124 valence electrons. The number of hydrogen-bond acceptors (Lipinski definition) is 3. The average molecular weight is 330 g/mol. The molecular formula is C17H16F2N4O. The van der Waals surface area contributed by atoms with Crippen LogP contribution in [-0.2, 0) is 0 Å². The number of carbonyl (C=O) groups excluding carboxylic acids is 1. The fraction of sp³-hybridized carbons (Fsp3) is 0.235. The number of aromatic nitrogens is 3. The van der Waals surface area contributed by atoms with Gasteiger partial charge in [0.2, 0.25) is 0 Å². The molecule has 7 heteroatoms. The van der Waals surface area contributed by atoms with Crippen LogP contribution < -0.4 is 5.32 Å². The van der Waals surface area contributed by atoms with E-state index in [0.29, 0.717) is 17.0 Å². The van der Waals surface area contributed by atoms with Crippen LogP contribution in [0, 0.1) is 11.6 Å². The smallest absolute Gasteiger partial charge is 0.251 e. The van der Waals surface area contributed by atoms with Gasteiger partial charge in [0.15, 0.2) is 11.5 Å². The van der Waals surface area contributed by atoms with Crippen LogP contribution in [-0.4, -0.2) is 26.5 Å². The average Bonchev–Trinajstić information content (AvgIpc) is 2.96. The number of hydrogen-bond donors (Lipinski definition) is 1. The van der Waals surface area contributed by atoms with Gasteiger partial charge in [-0.25, -0.2) is 8.78 Å². The molecule has 5 nitrogen and oxygen atoms in total. The Kier molecular flexibility index (Phi) is 4.24. The SMILES string of the molecule is CC[C@@H](C)NC(=O)c1ccn2c(-c3cc(F)cc(F)c3)nnc2c1. The Labute approximate surface area is 137 Å². The van der Waals surface area contributed by atoms with Gasteiger partial charge >= 0.3 is 0 Å². The van der Waals surface area contributed by atoms with Crippen LogP contribution in [0.3, 0.4) is 0 Å². The van der Waals surface area contributed by atoms with E-state index < -0.39 is 11.6 Å². The molecule has 0 saturated heterocycles. The van der Waals surface area contributed by atoms with Crippen molar-refractivity contribution in [1.29, 1.82) is 0 Å². The highest BCUT2D eigenvalue weighted by atomic mass is 19.1. The van der Waals surface area contributed by atoms with Crippen molar-refractivity contribution < 1.29 is 13.6 Å². The van der Waals surface area contributed by atoms with E-state index in [-0.39, 0.29) is 17.5 Å². The summed E-state index contributed by atoms with van der Waals surface area (Å²) in [6.07, 6.45) is 2.44. The van der Waals surface area contributed by atoms with Gasteiger partial charge in [-0.3, -0.25) is 9.20 Å². The minimum absolute atomic E-state index is 0.0671. The number of rotatable bonds is 4. The van der Waals surface area contributed by atoms with Gasteiger partial charge in [-0.1, -0.05) is 6.92 Å². The molecule has 0 aliphatic carbocycles. The molecule has 1 aromatic carbocycles. The van der Waals surface area contributed by atoms with Crippen LogP contribution in [0.25, 0.3) is 17.0 Å². The van der Waals surface area contributed by atoms with Gasteiger partial charge < -0.3 is 5.32 Å². The quantitative estimate of drug-likeness (QED) is 0.799. The van der Waals surface area contributed by atoms with Gasteiger partial charge in [0.05, 0.1) is 0 Å². The number of carbonyl (C=O) groups is 1. The maximum Gasteiger partial charge on any atom is 0.251 e. The van der Waals surface area contributed by atoms with Gasteiger partial charge in [0.25, 0.3) is 5.91 Å². The fourth-order valence-corrected chi connectivity index (χ4v) is 2.32. The van der Waals surface area contributed by atoms with Crippen molar-refractivity contribution >= 4 is 11.6 Å². The van der Waals surface area contributed by atoms with Crippen molar-refractivity contribution in [3.63, 3.8) is 0 Å². The van der Waals surface area contributed by atoms with Crippen molar-refractivity contribution in [3.05, 3.63) is 53.7 Å². The second-order valence-electron chi connectivity index (χ2n) is 5.61. The molecule has 0 bridgehead atoms. The lowest BCUT2D eigenvalue weighted by Gasteiger charge is -2.11. The lowest BCUT2D eigenvalue weighted by atomic mass is 10.2. The summed E-state index contributed by atoms with van der Waals surface area (Å²) in [5.41, 5.74) is 1.15. The predicted octanol–water partition coefficient (Wildman–Crippen LogP) is 3.20. The number of amides is 1. The molecule has 3 rings (SSSR count). The topological polar surface area (TPSA) is 59.3 Å². The highest BCUT2D eigenvalue weighted by Gasteiger charge is 2.14. The third kappa shape index (κ3) is 3.10. The third-order valence-electron chi connectivity index (χ3n) is 3.78. The number of nitrogens with zero attached hydrogens (tertiary/aromatic N) is 3. The molecule has 2 aromatic heterocycles. The van der Waals surface area contributed by atoms with Gasteiger partial charge in [0, 0.05) is 29.4 Å². The number of nitrogens with one attached hydrogen (secondary N) is 1. The summed E-state index contributed by atoms with van der Waals surface area (Å²) in [6, 6.07) is 6.44. The minimum atomic E-state index is -0.689. The van der Waals surface area contributed by atoms with Gasteiger partial charge in [-0.2, -0.15) is 0 Å². The molecule has 24 heavy (non-hydrogen) atoms. The summed E-state index contributed by atoms with van der Waals surface area (Å²) in [5, 5.41) is 10.8. The van der Waals surface area contributed by atoms with Crippen LogP contribution in [0.15, 0.2) is 36.5 Å². The zero-order chi connectivity index (χ0) is 17.3. The van der Waals surface area contributed by atoms with Crippen LogP contribution in [0.1, 0.15) is 30.6 Å². The summed E-state index contributed by atoms with van der Waals surface area (Å²) in [6.45, 7) is 3.90. The molecule has 0 unspecified atom stereocenters. The molecular weight excluding hydrogens is 314 g/mol. The first-order chi connectivity index (χ1) is 11.5. The van der Waals surface area contributed by atoms with Crippen molar-refractivity contribution in [1.82, 2.24) is 19.9 Å². The monoisotopic (exact) mass is 330 g/mol. The Bertz CT molecular complexity index is 886. The van der Waals surface area contributed by atoms with Crippen LogP contribution in [0.2, 0.25) is 0 Å². The van der Waals surface area contributed by atoms with E-state index in [1.54, 1.807) is 22.7 Å². The van der Waals surface area contributed by atoms with E-state index in [0.717, 1.165) is 12.5 Å². The largest absolute Gasteiger partial charge is 0.350 e. The van der Waals surface area contributed by atoms with Crippen LogP contribution in [0.5, 0.6) is 0 Å². The lowest BCUT2D eigenvalue weighted by molar-refractivity contribution is 0.0939. The van der Waals surface area contributed by atoms with Crippen molar-refractivity contribution in [2.24, 2.45) is 0 Å². The van der Waals surface area contributed by atoms with E-state index in [1.165, 1.54) is 12.1 Å². The first-order valence-corrected chi connectivity index (χ1v) is 7.60. The highest BCUT2D eigenvalue weighted by molar-refractivity contribution is 5.95. The van der Waals surface area contributed by atoms with E-state index >= 15 is 0 Å². The van der Waals surface area contributed by atoms with E-state index in [2.05, 4.69) is 15.5 Å². The lowest BCUT2D eigenvalue weighted by Crippen LogP contribution is -2.31. The Hall–Kier alpha value is -2.83. The molecule has 1 amide bonds. The molecule has 0 radical (unpaired) electrons. The van der Waals surface area contributed by atoms with Gasteiger partial charge in [0.1, 0.15) is 11.6 Å². The predicted molar refractivity (Wildman–Crippen MR) is 85.6 cm³/mol. The molecule has 0 saturated carbocycles. The number of fused-ring (bicyclic) bond motifs is 1. The minimum Gasteiger partial charge on any atom is -0.350 e. The second-order valence-corrected chi connectivity index (χ2v) is 5.61. The number of pyridine rings is 1. The Morgan fingerprint density at radius 3 is 2.58 bits per heavy atom. The van der Waals surface area contributed by atoms with Crippen molar-refractivity contribution in [2.45, 2.75) is 26.3 Å². The maximum atomic E-state index is 13.4.